The number of carbonyl (C=O) groups is 4. The monoisotopic (exact) mass is 1540 g/mol. The van der Waals surface area contributed by atoms with Crippen molar-refractivity contribution in [1.82, 2.24) is 14.7 Å². The molecular weight excluding hydrogens is 1460 g/mol. The van der Waals surface area contributed by atoms with Crippen LogP contribution >= 0.6 is 47.0 Å². The molecule has 0 radical (unpaired) electrons. The van der Waals surface area contributed by atoms with Crippen molar-refractivity contribution in [3.63, 3.8) is 0 Å². The second-order valence-corrected chi connectivity index (χ2v) is 28.7. The van der Waals surface area contributed by atoms with Crippen molar-refractivity contribution in [2.24, 2.45) is 20.0 Å². The molecule has 4 fully saturated rings. The van der Waals surface area contributed by atoms with E-state index < -0.39 is 0 Å². The van der Waals surface area contributed by atoms with Gasteiger partial charge >= 0.3 is 0 Å². The molecule has 5 heterocycles. The lowest BCUT2D eigenvalue weighted by Gasteiger charge is -2.16. The lowest BCUT2D eigenvalue weighted by molar-refractivity contribution is -0.123. The number of nitrogens with zero attached hydrogens (tertiary/aromatic N) is 8. The van der Waals surface area contributed by atoms with E-state index in [1.54, 1.807) is 47.2 Å². The quantitative estimate of drug-likeness (QED) is 0.0605. The molecule has 0 atom stereocenters. The number of thioether (sulfide) groups is 4. The third-order valence-electron chi connectivity index (χ3n) is 16.8. The van der Waals surface area contributed by atoms with Crippen LogP contribution in [0.3, 0.4) is 0 Å². The van der Waals surface area contributed by atoms with Gasteiger partial charge in [0, 0.05) is 13.1 Å². The number of anilines is 1. The van der Waals surface area contributed by atoms with E-state index in [4.69, 9.17) is 28.7 Å². The Kier molecular flexibility index (Phi) is 29.4. The number of benzene rings is 9. The first-order valence-corrected chi connectivity index (χ1v) is 38.9. The fraction of sp³-hybridized carbons (Fsp3) is 0.159. The molecule has 1 aromatic heterocycles. The first kappa shape index (κ1) is 79.5. The Bertz CT molecular complexity index is 4850. The number of amidine groups is 4. The summed E-state index contributed by atoms with van der Waals surface area (Å²) in [4.78, 5) is 80.2. The van der Waals surface area contributed by atoms with Crippen LogP contribution in [0.2, 0.25) is 0 Å². The highest BCUT2D eigenvalue weighted by molar-refractivity contribution is 8.19. The van der Waals surface area contributed by atoms with Gasteiger partial charge in [-0.25, -0.2) is 20.0 Å². The van der Waals surface area contributed by atoms with Crippen molar-refractivity contribution in [2.45, 2.75) is 59.3 Å². The van der Waals surface area contributed by atoms with Crippen LogP contribution in [0.5, 0.6) is 17.2 Å². The van der Waals surface area contributed by atoms with Crippen molar-refractivity contribution >= 4 is 144 Å². The number of furan rings is 1. The smallest absolute Gasteiger partial charge is 0.271 e. The molecule has 558 valence electrons. The van der Waals surface area contributed by atoms with Gasteiger partial charge in [0.15, 0.2) is 20.7 Å². The maximum absolute atomic E-state index is 13.3. The minimum absolute atomic E-state index is 0.00404. The number of unbranched alkanes of at least 4 members (excludes halogenated alkanes) is 2. The second kappa shape index (κ2) is 40.6. The van der Waals surface area contributed by atoms with Gasteiger partial charge in [0.1, 0.15) is 23.0 Å². The van der Waals surface area contributed by atoms with Crippen LogP contribution in [-0.2, 0) is 38.9 Å². The van der Waals surface area contributed by atoms with E-state index in [-0.39, 0.29) is 36.8 Å². The summed E-state index contributed by atoms with van der Waals surface area (Å²) < 4.78 is 21.0. The number of hydrogen-bond acceptors (Lipinski definition) is 18. The van der Waals surface area contributed by atoms with Crippen LogP contribution < -0.4 is 19.1 Å². The summed E-state index contributed by atoms with van der Waals surface area (Å²) in [6.07, 6.45) is 13.1. The van der Waals surface area contributed by atoms with Crippen molar-refractivity contribution in [2.75, 3.05) is 39.3 Å². The predicted molar refractivity (Wildman–Crippen MR) is 450 cm³/mol. The van der Waals surface area contributed by atoms with Crippen molar-refractivity contribution < 1.29 is 48.0 Å². The minimum atomic E-state index is -0.133. The molecule has 0 bridgehead atoms. The molecule has 0 spiro atoms. The molecule has 18 nitrogen and oxygen atoms in total. The molecule has 4 aliphatic heterocycles. The van der Waals surface area contributed by atoms with E-state index in [1.807, 2.05) is 279 Å². The summed E-state index contributed by atoms with van der Waals surface area (Å²) in [7, 11) is 4.88. The lowest BCUT2D eigenvalue weighted by Crippen LogP contribution is -2.30. The zero-order valence-electron chi connectivity index (χ0n) is 61.4. The highest BCUT2D eigenvalue weighted by Gasteiger charge is 2.37. The maximum Gasteiger partial charge on any atom is 0.271 e. The fourth-order valence-corrected chi connectivity index (χ4v) is 15.0. The van der Waals surface area contributed by atoms with Gasteiger partial charge in [-0.05, 0) is 227 Å². The Morgan fingerprint density at radius 2 is 0.673 bits per heavy atom. The molecule has 0 unspecified atom stereocenters. The van der Waals surface area contributed by atoms with Crippen molar-refractivity contribution in [3.05, 3.63) is 320 Å². The number of carbonyl (C=O) groups excluding carboxylic acids is 4. The molecule has 10 aromatic rings. The van der Waals surface area contributed by atoms with Crippen LogP contribution in [0.15, 0.2) is 305 Å². The highest BCUT2D eigenvalue weighted by Crippen LogP contribution is 2.41. The zero-order chi connectivity index (χ0) is 77.0. The molecule has 2 N–H and O–H groups in total. The summed E-state index contributed by atoms with van der Waals surface area (Å²) >= 11 is 5.55. The molecule has 4 aliphatic rings. The maximum atomic E-state index is 13.3. The van der Waals surface area contributed by atoms with Crippen LogP contribution in [0.4, 0.5) is 28.4 Å². The number of aliphatic imine (C=N–C) groups is 4. The minimum Gasteiger partial charge on any atom is -0.497 e. The molecule has 14 rings (SSSR count). The van der Waals surface area contributed by atoms with E-state index in [0.29, 0.717) is 55.4 Å². The second-order valence-electron chi connectivity index (χ2n) is 24.6. The number of aliphatic hydroxyl groups excluding tert-OH is 2. The zero-order valence-corrected chi connectivity index (χ0v) is 64.6. The number of methoxy groups -OCH3 is 3. The Labute approximate surface area is 658 Å². The Balaban J connectivity index is 0.000000146. The van der Waals surface area contributed by atoms with Gasteiger partial charge in [-0.15, -0.1) is 0 Å². The third-order valence-corrected chi connectivity index (χ3v) is 20.8. The van der Waals surface area contributed by atoms with Gasteiger partial charge in [0.25, 0.3) is 23.6 Å². The molecule has 22 heteroatoms. The molecule has 4 amide bonds. The largest absolute Gasteiger partial charge is 0.497 e. The van der Waals surface area contributed by atoms with Gasteiger partial charge in [0.05, 0.1) is 95.4 Å². The van der Waals surface area contributed by atoms with Crippen LogP contribution in [0.1, 0.15) is 78.7 Å². The Hall–Kier alpha value is -11.5. The standard InChI is InChI=1S/C24H20N2O3S.C22H18N2O3S.2C21H22N2O2S/c1-29-21-13-11-20(12-14-21)26-23(28)22(15-17-7-9-18(16-27)10-8-17)30-24(26)25-19-5-3-2-4-6-19;1-26-18-11-9-16(10-12-18)14-20-21(25)24(15-19-8-5-13-27-19)22(28-20)23-17-6-3-2-4-7-17;1-3-4-14-23-20(24)19(15-16-10-12-18(25-2)13-11-16)26-21(23)22-17-8-6-5-7-9-17;1-2-3-13-23-20(25)19(14-16-9-11-17(15-24)12-10-16)26-21(23)22-18-7-5-4-6-8-18/h2-15,27H,16H2,1H3;2-14H,15H2,1H3;5-13,15H,3-4,14H2,1-2H3;4-12,14,24H,2-3,13,15H2,1H3/b22-15-,25-24?;20-14-,23-22?;19-15-,22-21?;19-14-,22-21?. The third kappa shape index (κ3) is 22.1. The summed E-state index contributed by atoms with van der Waals surface area (Å²) in [6, 6.07) is 79.9. The molecule has 0 saturated carbocycles. The molecule has 4 saturated heterocycles. The number of ether oxygens (including phenoxy) is 3. The van der Waals surface area contributed by atoms with E-state index in [0.717, 1.165) is 115 Å². The summed E-state index contributed by atoms with van der Waals surface area (Å²) in [6.45, 7) is 5.94. The average molecular weight is 1540 g/mol. The van der Waals surface area contributed by atoms with E-state index in [1.165, 1.54) is 47.0 Å². The molecule has 110 heavy (non-hydrogen) atoms. The van der Waals surface area contributed by atoms with E-state index in [2.05, 4.69) is 28.8 Å². The number of aliphatic hydroxyl groups is 2. The Morgan fingerprint density at radius 1 is 0.364 bits per heavy atom. The van der Waals surface area contributed by atoms with Crippen molar-refractivity contribution in [3.8, 4) is 17.2 Å². The number of hydrogen-bond donors (Lipinski definition) is 2. The summed E-state index contributed by atoms with van der Waals surface area (Å²) in [5.41, 5.74) is 9.41. The van der Waals surface area contributed by atoms with Crippen molar-refractivity contribution in [1.29, 1.82) is 0 Å². The number of para-hydroxylation sites is 4. The lowest BCUT2D eigenvalue weighted by atomic mass is 10.1. The Morgan fingerprint density at radius 3 is 1.00 bits per heavy atom. The summed E-state index contributed by atoms with van der Waals surface area (Å²) in [5.74, 6) is 2.81. The predicted octanol–water partition coefficient (Wildman–Crippen LogP) is 19.8. The van der Waals surface area contributed by atoms with Gasteiger partial charge in [-0.3, -0.25) is 38.8 Å². The van der Waals surface area contributed by atoms with Crippen LogP contribution in [-0.4, -0.2) is 104 Å². The highest BCUT2D eigenvalue weighted by atomic mass is 32.2. The molecule has 9 aromatic carbocycles. The molecule has 0 aliphatic carbocycles. The van der Waals surface area contributed by atoms with Gasteiger partial charge in [0.2, 0.25) is 0 Å². The van der Waals surface area contributed by atoms with Gasteiger partial charge < -0.3 is 28.8 Å². The summed E-state index contributed by atoms with van der Waals surface area (Å²) in [5, 5.41) is 21.1. The first-order chi connectivity index (χ1) is 53.8. The first-order valence-electron chi connectivity index (χ1n) is 35.6. The van der Waals surface area contributed by atoms with Gasteiger partial charge in [-0.1, -0.05) is 172 Å². The van der Waals surface area contributed by atoms with Crippen LogP contribution in [0, 0.1) is 0 Å². The number of amides is 4. The molecular formula is C88H82N8O10S4. The topological polar surface area (TPSA) is 212 Å². The van der Waals surface area contributed by atoms with Gasteiger partial charge in [-0.2, -0.15) is 0 Å². The fourth-order valence-electron chi connectivity index (χ4n) is 10.9. The van der Waals surface area contributed by atoms with E-state index in [9.17, 15) is 24.3 Å². The normalized spacial score (nSPS) is 17.0. The SMILES string of the molecule is CCCCN1C(=O)/C(=C/c2ccc(CO)cc2)SC1=Nc1ccccc1.CCCCN1C(=O)/C(=C/c2ccc(OC)cc2)SC1=Nc1ccccc1.COc1ccc(/C=C2\SC(=Nc3ccccc3)N(Cc3ccco3)C2=O)cc1.COc1ccc(N2C(=O)/C(=C/c3ccc(CO)cc3)SC2=Nc2ccccc2)cc1. The van der Waals surface area contributed by atoms with Crippen LogP contribution in [0.25, 0.3) is 24.3 Å². The average Bonchev–Trinajstić information content (AvgIpc) is 1.65. The number of rotatable bonds is 22. The van der Waals surface area contributed by atoms with E-state index >= 15 is 0 Å².